The van der Waals surface area contributed by atoms with Gasteiger partial charge in [0, 0.05) is 44.1 Å². The highest BCUT2D eigenvalue weighted by molar-refractivity contribution is 7.86. The Labute approximate surface area is 159 Å². The van der Waals surface area contributed by atoms with Crippen molar-refractivity contribution < 1.29 is 17.5 Å². The van der Waals surface area contributed by atoms with Crippen LogP contribution in [-0.2, 0) is 14.9 Å². The highest BCUT2D eigenvalue weighted by atomic mass is 32.2. The summed E-state index contributed by atoms with van der Waals surface area (Å²) in [5.74, 6) is -0.376. The van der Waals surface area contributed by atoms with Gasteiger partial charge in [-0.05, 0) is 12.1 Å². The minimum atomic E-state index is -3.57. The molecule has 0 amide bonds. The van der Waals surface area contributed by atoms with E-state index in [4.69, 9.17) is 4.74 Å². The first-order chi connectivity index (χ1) is 13.0. The van der Waals surface area contributed by atoms with E-state index in [0.29, 0.717) is 30.0 Å². The molecular weight excluding hydrogens is 371 g/mol. The average Bonchev–Trinajstić information content (AvgIpc) is 2.69. The number of halogens is 1. The summed E-state index contributed by atoms with van der Waals surface area (Å²) >= 11 is 0. The average molecular weight is 394 g/mol. The molecule has 9 heteroatoms. The minimum absolute atomic E-state index is 0.139. The van der Waals surface area contributed by atoms with Gasteiger partial charge in [0.1, 0.15) is 11.9 Å². The van der Waals surface area contributed by atoms with Crippen LogP contribution >= 0.6 is 0 Å². The Morgan fingerprint density at radius 2 is 2.00 bits per heavy atom. The maximum Gasteiger partial charge on any atom is 0.282 e. The number of hydrogen-bond donors (Lipinski definition) is 0. The Bertz CT molecular complexity index is 890. The van der Waals surface area contributed by atoms with Crippen molar-refractivity contribution in [3.8, 4) is 11.3 Å². The molecule has 0 bridgehead atoms. The third-order valence-corrected chi connectivity index (χ3v) is 6.67. The molecule has 146 valence electrons. The second-order valence-electron chi connectivity index (χ2n) is 6.11. The Balaban J connectivity index is 1.92. The Hall–Kier alpha value is -1.94. The predicted molar refractivity (Wildman–Crippen MR) is 99.5 cm³/mol. The van der Waals surface area contributed by atoms with Gasteiger partial charge in [-0.3, -0.25) is 9.97 Å². The number of aromatic nitrogens is 2. The zero-order valence-electron chi connectivity index (χ0n) is 15.4. The second-order valence-corrected chi connectivity index (χ2v) is 8.04. The van der Waals surface area contributed by atoms with E-state index in [1.807, 2.05) is 13.8 Å². The van der Waals surface area contributed by atoms with E-state index in [1.54, 1.807) is 12.1 Å². The Morgan fingerprint density at radius 1 is 1.26 bits per heavy atom. The number of rotatable bonds is 6. The Morgan fingerprint density at radius 3 is 2.70 bits per heavy atom. The quantitative estimate of drug-likeness (QED) is 0.751. The fourth-order valence-electron chi connectivity index (χ4n) is 3.16. The van der Waals surface area contributed by atoms with E-state index in [9.17, 15) is 12.8 Å². The molecule has 1 atom stereocenters. The van der Waals surface area contributed by atoms with Crippen LogP contribution in [0.2, 0.25) is 0 Å². The van der Waals surface area contributed by atoms with E-state index in [1.165, 1.54) is 33.1 Å². The fraction of sp³-hybridized carbons (Fsp3) is 0.444. The number of benzene rings is 1. The zero-order chi connectivity index (χ0) is 19.4. The van der Waals surface area contributed by atoms with E-state index in [-0.39, 0.29) is 25.5 Å². The van der Waals surface area contributed by atoms with Gasteiger partial charge in [-0.1, -0.05) is 26.0 Å². The molecule has 0 saturated carbocycles. The molecule has 1 fully saturated rings. The van der Waals surface area contributed by atoms with Crippen molar-refractivity contribution in [3.05, 3.63) is 48.2 Å². The molecule has 1 aromatic heterocycles. The summed E-state index contributed by atoms with van der Waals surface area (Å²) in [4.78, 5) is 8.70. The van der Waals surface area contributed by atoms with Crippen LogP contribution in [0.5, 0.6) is 0 Å². The van der Waals surface area contributed by atoms with Crippen molar-refractivity contribution in [1.29, 1.82) is 0 Å². The SMILES string of the molecule is CCN(CC)S(=O)(=O)N1CCO[C@H](c2nccnc2-c2cccc(F)c2)C1. The standard InChI is InChI=1S/C18H23FN4O3S/c1-3-22(4-2)27(24,25)23-10-11-26-16(13-23)18-17(20-8-9-21-18)14-6-5-7-15(19)12-14/h5-9,12,16H,3-4,10-11,13H2,1-2H3/t16-/m0/s1. The lowest BCUT2D eigenvalue weighted by Crippen LogP contribution is -2.49. The maximum atomic E-state index is 13.6. The van der Waals surface area contributed by atoms with Crippen molar-refractivity contribution in [2.24, 2.45) is 0 Å². The summed E-state index contributed by atoms with van der Waals surface area (Å²) in [5.41, 5.74) is 1.57. The summed E-state index contributed by atoms with van der Waals surface area (Å²) in [6.07, 6.45) is 2.48. The van der Waals surface area contributed by atoms with Crippen LogP contribution < -0.4 is 0 Å². The molecule has 0 radical (unpaired) electrons. The number of morpholine rings is 1. The molecule has 3 rings (SSSR count). The van der Waals surface area contributed by atoms with Crippen molar-refractivity contribution in [1.82, 2.24) is 18.6 Å². The summed E-state index contributed by atoms with van der Waals surface area (Å²) in [6, 6.07) is 6.07. The lowest BCUT2D eigenvalue weighted by Gasteiger charge is -2.35. The van der Waals surface area contributed by atoms with Crippen molar-refractivity contribution in [3.63, 3.8) is 0 Å². The number of ether oxygens (including phenoxy) is 1. The molecule has 0 spiro atoms. The van der Waals surface area contributed by atoms with Gasteiger partial charge >= 0.3 is 0 Å². The third kappa shape index (κ3) is 4.16. The molecule has 27 heavy (non-hydrogen) atoms. The van der Waals surface area contributed by atoms with E-state index >= 15 is 0 Å². The lowest BCUT2D eigenvalue weighted by atomic mass is 10.1. The highest BCUT2D eigenvalue weighted by Crippen LogP contribution is 2.30. The van der Waals surface area contributed by atoms with Crippen LogP contribution in [0.4, 0.5) is 4.39 Å². The molecule has 0 unspecified atom stereocenters. The van der Waals surface area contributed by atoms with Crippen LogP contribution in [0.1, 0.15) is 25.6 Å². The zero-order valence-corrected chi connectivity index (χ0v) is 16.2. The fourth-order valence-corrected chi connectivity index (χ4v) is 4.76. The molecule has 1 aromatic carbocycles. The highest BCUT2D eigenvalue weighted by Gasteiger charge is 2.35. The molecule has 7 nitrogen and oxygen atoms in total. The van der Waals surface area contributed by atoms with Crippen LogP contribution in [0.3, 0.4) is 0 Å². The molecule has 0 aliphatic carbocycles. The summed E-state index contributed by atoms with van der Waals surface area (Å²) in [7, 11) is -3.57. The van der Waals surface area contributed by atoms with Crippen molar-refractivity contribution in [2.45, 2.75) is 20.0 Å². The number of nitrogens with zero attached hydrogens (tertiary/aromatic N) is 4. The Kier molecular flexibility index (Phi) is 6.15. The molecule has 2 heterocycles. The molecule has 1 saturated heterocycles. The predicted octanol–water partition coefficient (Wildman–Crippen LogP) is 2.24. The largest absolute Gasteiger partial charge is 0.369 e. The van der Waals surface area contributed by atoms with Crippen LogP contribution in [0.15, 0.2) is 36.7 Å². The first-order valence-corrected chi connectivity index (χ1v) is 10.3. The summed E-state index contributed by atoms with van der Waals surface area (Å²) in [5, 5.41) is 0. The van der Waals surface area contributed by atoms with Gasteiger partial charge in [0.05, 0.1) is 18.0 Å². The smallest absolute Gasteiger partial charge is 0.282 e. The van der Waals surface area contributed by atoms with Gasteiger partial charge in [-0.2, -0.15) is 17.0 Å². The van der Waals surface area contributed by atoms with E-state index in [2.05, 4.69) is 9.97 Å². The minimum Gasteiger partial charge on any atom is -0.369 e. The topological polar surface area (TPSA) is 75.6 Å². The van der Waals surface area contributed by atoms with E-state index in [0.717, 1.165) is 0 Å². The molecular formula is C18H23FN4O3S. The van der Waals surface area contributed by atoms with Gasteiger partial charge in [-0.15, -0.1) is 0 Å². The first kappa shape index (κ1) is 19.8. The first-order valence-electron chi connectivity index (χ1n) is 8.91. The lowest BCUT2D eigenvalue weighted by molar-refractivity contribution is -0.00642. The summed E-state index contributed by atoms with van der Waals surface area (Å²) < 4.78 is 47.9. The second kappa shape index (κ2) is 8.39. The van der Waals surface area contributed by atoms with Gasteiger partial charge in [0.15, 0.2) is 0 Å². The van der Waals surface area contributed by atoms with Crippen molar-refractivity contribution >= 4 is 10.2 Å². The van der Waals surface area contributed by atoms with Gasteiger partial charge in [-0.25, -0.2) is 4.39 Å². The monoisotopic (exact) mass is 394 g/mol. The maximum absolute atomic E-state index is 13.6. The van der Waals surface area contributed by atoms with Gasteiger partial charge in [0.2, 0.25) is 0 Å². The molecule has 0 N–H and O–H groups in total. The van der Waals surface area contributed by atoms with E-state index < -0.39 is 16.3 Å². The summed E-state index contributed by atoms with van der Waals surface area (Å²) in [6.45, 7) is 5.10. The van der Waals surface area contributed by atoms with Crippen LogP contribution in [0.25, 0.3) is 11.3 Å². The normalized spacial score (nSPS) is 18.7. The van der Waals surface area contributed by atoms with Gasteiger partial charge in [0.25, 0.3) is 10.2 Å². The molecule has 1 aliphatic rings. The van der Waals surface area contributed by atoms with Crippen molar-refractivity contribution in [2.75, 3.05) is 32.8 Å². The number of hydrogen-bond acceptors (Lipinski definition) is 5. The van der Waals surface area contributed by atoms with Gasteiger partial charge < -0.3 is 4.74 Å². The third-order valence-electron chi connectivity index (χ3n) is 4.52. The molecule has 2 aromatic rings. The van der Waals surface area contributed by atoms with Crippen LogP contribution in [-0.4, -0.2) is 59.8 Å². The molecule has 1 aliphatic heterocycles. The van der Waals surface area contributed by atoms with Crippen LogP contribution in [0, 0.1) is 5.82 Å².